The topological polar surface area (TPSA) is 112 Å². The fraction of sp³-hybridized carbons (Fsp3) is 0.0833. The Morgan fingerprint density at radius 3 is 2.79 bits per heavy atom. The average Bonchev–Trinajstić information content (AvgIpc) is 2.77. The summed E-state index contributed by atoms with van der Waals surface area (Å²) in [5, 5.41) is 16.3. The number of fused-ring (bicyclic) bond motifs is 1. The number of hydrogen-bond donors (Lipinski definition) is 3. The maximum Gasteiger partial charge on any atom is 0.351 e. The Labute approximate surface area is 105 Å². The normalized spacial score (nSPS) is 11.0. The number of benzene rings is 1. The Morgan fingerprint density at radius 1 is 1.32 bits per heavy atom. The molecule has 0 aliphatic heterocycles. The number of H-pyrrole nitrogens is 2. The van der Waals surface area contributed by atoms with Crippen LogP contribution in [0.2, 0.25) is 0 Å². The lowest BCUT2D eigenvalue weighted by Gasteiger charge is -2.05. The van der Waals surface area contributed by atoms with Crippen LogP contribution >= 0.6 is 0 Å². The summed E-state index contributed by atoms with van der Waals surface area (Å²) in [6.07, 6.45) is 0. The molecule has 0 atom stereocenters. The minimum Gasteiger partial charge on any atom is -0.506 e. The quantitative estimate of drug-likeness (QED) is 0.562. The molecular weight excluding hydrogens is 250 g/mol. The maximum atomic E-state index is 11.9. The van der Waals surface area contributed by atoms with Gasteiger partial charge in [0.15, 0.2) is 5.82 Å². The zero-order chi connectivity index (χ0) is 13.6. The number of nitrogens with zero attached hydrogens (tertiary/aromatic N) is 1. The van der Waals surface area contributed by atoms with Gasteiger partial charge in [-0.2, -0.15) is 5.10 Å². The van der Waals surface area contributed by atoms with E-state index in [4.69, 9.17) is 4.42 Å². The molecule has 2 heterocycles. The second kappa shape index (κ2) is 3.84. The lowest BCUT2D eigenvalue weighted by atomic mass is 10.1. The summed E-state index contributed by atoms with van der Waals surface area (Å²) in [7, 11) is 0. The van der Waals surface area contributed by atoms with Gasteiger partial charge in [0.1, 0.15) is 16.9 Å². The minimum atomic E-state index is -0.762. The molecule has 0 saturated heterocycles. The van der Waals surface area contributed by atoms with Gasteiger partial charge in [0.05, 0.1) is 5.39 Å². The van der Waals surface area contributed by atoms with Gasteiger partial charge in [-0.1, -0.05) is 12.1 Å². The lowest BCUT2D eigenvalue weighted by molar-refractivity contribution is 0.470. The molecular formula is C12H9N3O4. The second-order valence-corrected chi connectivity index (χ2v) is 4.09. The third-order valence-electron chi connectivity index (χ3n) is 2.84. The zero-order valence-corrected chi connectivity index (χ0v) is 9.85. The van der Waals surface area contributed by atoms with Crippen molar-refractivity contribution in [3.05, 3.63) is 44.7 Å². The summed E-state index contributed by atoms with van der Waals surface area (Å²) >= 11 is 0. The predicted octanol–water partition coefficient (Wildman–Crippen LogP) is 0.885. The molecule has 0 fully saturated rings. The number of aromatic hydroxyl groups is 1. The number of aromatic nitrogens is 3. The molecule has 7 nitrogen and oxygen atoms in total. The molecule has 0 bridgehead atoms. The van der Waals surface area contributed by atoms with E-state index in [0.29, 0.717) is 11.0 Å². The van der Waals surface area contributed by atoms with E-state index in [0.717, 1.165) is 5.56 Å². The lowest BCUT2D eigenvalue weighted by Crippen LogP contribution is -2.06. The van der Waals surface area contributed by atoms with Crippen molar-refractivity contribution in [2.45, 2.75) is 6.92 Å². The van der Waals surface area contributed by atoms with Gasteiger partial charge in [-0.25, -0.2) is 14.7 Å². The van der Waals surface area contributed by atoms with Crippen molar-refractivity contribution < 1.29 is 9.52 Å². The van der Waals surface area contributed by atoms with Crippen LogP contribution in [-0.4, -0.2) is 20.3 Å². The molecule has 3 aromatic rings. The van der Waals surface area contributed by atoms with Crippen molar-refractivity contribution in [2.24, 2.45) is 0 Å². The first kappa shape index (κ1) is 11.3. The first-order valence-electron chi connectivity index (χ1n) is 5.48. The SMILES string of the molecule is Cc1cccc2c(O)c(-c3n[nH]c(=O)[nH]3)c(=O)oc12. The first-order chi connectivity index (χ1) is 9.08. The molecule has 7 heteroatoms. The number of aryl methyl sites for hydroxylation is 1. The van der Waals surface area contributed by atoms with Crippen molar-refractivity contribution in [1.82, 2.24) is 15.2 Å². The molecule has 96 valence electrons. The van der Waals surface area contributed by atoms with E-state index < -0.39 is 11.3 Å². The second-order valence-electron chi connectivity index (χ2n) is 4.09. The Balaban J connectivity index is 2.45. The molecule has 0 aliphatic carbocycles. The van der Waals surface area contributed by atoms with Crippen molar-refractivity contribution >= 4 is 11.0 Å². The van der Waals surface area contributed by atoms with Crippen LogP contribution < -0.4 is 11.3 Å². The Bertz CT molecular complexity index is 888. The first-order valence-corrected chi connectivity index (χ1v) is 5.48. The zero-order valence-electron chi connectivity index (χ0n) is 9.85. The molecule has 0 amide bonds. The van der Waals surface area contributed by atoms with E-state index in [2.05, 4.69) is 15.2 Å². The van der Waals surface area contributed by atoms with Gasteiger partial charge in [-0.15, -0.1) is 0 Å². The van der Waals surface area contributed by atoms with Crippen LogP contribution in [0.5, 0.6) is 5.75 Å². The molecule has 3 rings (SSSR count). The molecule has 0 aliphatic rings. The van der Waals surface area contributed by atoms with Gasteiger partial charge in [0.2, 0.25) is 0 Å². The van der Waals surface area contributed by atoms with Crippen LogP contribution in [0.25, 0.3) is 22.4 Å². The van der Waals surface area contributed by atoms with Gasteiger partial charge < -0.3 is 9.52 Å². The molecule has 0 spiro atoms. The van der Waals surface area contributed by atoms with Gasteiger partial charge in [0, 0.05) is 0 Å². The highest BCUT2D eigenvalue weighted by Gasteiger charge is 2.19. The average molecular weight is 259 g/mol. The largest absolute Gasteiger partial charge is 0.506 e. The molecule has 0 saturated carbocycles. The monoisotopic (exact) mass is 259 g/mol. The predicted molar refractivity (Wildman–Crippen MR) is 67.1 cm³/mol. The number of nitrogens with one attached hydrogen (secondary N) is 2. The highest BCUT2D eigenvalue weighted by molar-refractivity contribution is 5.90. The molecule has 19 heavy (non-hydrogen) atoms. The van der Waals surface area contributed by atoms with Gasteiger partial charge in [0.25, 0.3) is 0 Å². The van der Waals surface area contributed by atoms with E-state index in [9.17, 15) is 14.7 Å². The molecule has 0 unspecified atom stereocenters. The Morgan fingerprint density at radius 2 is 2.11 bits per heavy atom. The maximum absolute atomic E-state index is 11.9. The van der Waals surface area contributed by atoms with Crippen LogP contribution in [0, 0.1) is 6.92 Å². The van der Waals surface area contributed by atoms with Crippen LogP contribution in [0.15, 0.2) is 32.2 Å². The number of rotatable bonds is 1. The van der Waals surface area contributed by atoms with Crippen LogP contribution in [0.4, 0.5) is 0 Å². The third-order valence-corrected chi connectivity index (χ3v) is 2.84. The Hall–Kier alpha value is -2.83. The van der Waals surface area contributed by atoms with Crippen molar-refractivity contribution in [1.29, 1.82) is 0 Å². The number of aromatic amines is 2. The third kappa shape index (κ3) is 1.63. The van der Waals surface area contributed by atoms with Crippen LogP contribution in [0.3, 0.4) is 0 Å². The molecule has 2 aromatic heterocycles. The van der Waals surface area contributed by atoms with Gasteiger partial charge in [-0.05, 0) is 18.6 Å². The highest BCUT2D eigenvalue weighted by atomic mass is 16.4. The summed E-state index contributed by atoms with van der Waals surface area (Å²) in [5.74, 6) is -0.322. The Kier molecular flexibility index (Phi) is 2.28. The molecule has 3 N–H and O–H groups in total. The fourth-order valence-electron chi connectivity index (χ4n) is 1.95. The summed E-state index contributed by atoms with van der Waals surface area (Å²) in [6.45, 7) is 1.76. The van der Waals surface area contributed by atoms with Crippen molar-refractivity contribution in [3.8, 4) is 17.1 Å². The fourth-order valence-corrected chi connectivity index (χ4v) is 1.95. The standard InChI is InChI=1S/C12H9N3O4/c1-5-3-2-4-6-8(16)7(11(17)19-9(5)6)10-13-12(18)15-14-10/h2-4,16H,1H3,(H2,13,14,15,18). The van der Waals surface area contributed by atoms with E-state index >= 15 is 0 Å². The van der Waals surface area contributed by atoms with E-state index in [1.54, 1.807) is 25.1 Å². The molecule has 0 radical (unpaired) electrons. The highest BCUT2D eigenvalue weighted by Crippen LogP contribution is 2.31. The summed E-state index contributed by atoms with van der Waals surface area (Å²) in [6, 6.07) is 5.12. The van der Waals surface area contributed by atoms with Gasteiger partial charge in [-0.3, -0.25) is 4.98 Å². The van der Waals surface area contributed by atoms with Crippen molar-refractivity contribution in [2.75, 3.05) is 0 Å². The van der Waals surface area contributed by atoms with Crippen molar-refractivity contribution in [3.63, 3.8) is 0 Å². The summed E-state index contributed by atoms with van der Waals surface area (Å²) in [5.41, 5.74) is -0.463. The van der Waals surface area contributed by atoms with E-state index in [1.165, 1.54) is 0 Å². The van der Waals surface area contributed by atoms with E-state index in [1.807, 2.05) is 0 Å². The van der Waals surface area contributed by atoms with Crippen LogP contribution in [0.1, 0.15) is 5.56 Å². The minimum absolute atomic E-state index is 0.0559. The van der Waals surface area contributed by atoms with Crippen LogP contribution in [-0.2, 0) is 0 Å². The number of hydrogen-bond acceptors (Lipinski definition) is 5. The summed E-state index contributed by atoms with van der Waals surface area (Å²) < 4.78 is 5.18. The summed E-state index contributed by atoms with van der Waals surface area (Å²) in [4.78, 5) is 25.2. The van der Waals surface area contributed by atoms with Gasteiger partial charge >= 0.3 is 11.3 Å². The van der Waals surface area contributed by atoms with E-state index in [-0.39, 0.29) is 17.1 Å². The molecule has 1 aromatic carbocycles. The smallest absolute Gasteiger partial charge is 0.351 e. The number of para-hydroxylation sites is 1.